The van der Waals surface area contributed by atoms with Gasteiger partial charge in [-0.25, -0.2) is 4.79 Å². The molecule has 0 radical (unpaired) electrons. The molecule has 0 aliphatic carbocycles. The Hall–Kier alpha value is -2.05. The van der Waals surface area contributed by atoms with Crippen molar-refractivity contribution in [3.8, 4) is 5.75 Å². The van der Waals surface area contributed by atoms with E-state index in [4.69, 9.17) is 21.1 Å². The first-order chi connectivity index (χ1) is 13.1. The molecular formula is C21H23BrClNO4. The zero-order valence-electron chi connectivity index (χ0n) is 16.3. The van der Waals surface area contributed by atoms with E-state index < -0.39 is 5.97 Å². The van der Waals surface area contributed by atoms with Crippen molar-refractivity contribution >= 4 is 45.1 Å². The molecule has 0 atom stereocenters. The molecule has 0 aliphatic heterocycles. The summed E-state index contributed by atoms with van der Waals surface area (Å²) in [5.41, 5.74) is 1.90. The number of amides is 1. The molecule has 28 heavy (non-hydrogen) atoms. The number of esters is 1. The van der Waals surface area contributed by atoms with Gasteiger partial charge in [0.05, 0.1) is 21.7 Å². The number of benzene rings is 2. The zero-order valence-corrected chi connectivity index (χ0v) is 18.6. The highest BCUT2D eigenvalue weighted by Gasteiger charge is 2.16. The summed E-state index contributed by atoms with van der Waals surface area (Å²) in [6.07, 6.45) is 0. The number of rotatable bonds is 6. The molecule has 0 aromatic heterocycles. The molecule has 0 saturated carbocycles. The van der Waals surface area contributed by atoms with Crippen molar-refractivity contribution < 1.29 is 19.1 Å². The molecule has 0 heterocycles. The van der Waals surface area contributed by atoms with Gasteiger partial charge in [0.2, 0.25) is 0 Å². The van der Waals surface area contributed by atoms with Crippen LogP contribution >= 0.6 is 27.5 Å². The van der Waals surface area contributed by atoms with Gasteiger partial charge in [0.1, 0.15) is 5.75 Å². The van der Waals surface area contributed by atoms with Crippen LogP contribution in [0.4, 0.5) is 5.69 Å². The first kappa shape index (κ1) is 22.2. The summed E-state index contributed by atoms with van der Waals surface area (Å²) in [4.78, 5) is 23.9. The fourth-order valence-corrected chi connectivity index (χ4v) is 3.14. The topological polar surface area (TPSA) is 64.6 Å². The predicted molar refractivity (Wildman–Crippen MR) is 114 cm³/mol. The first-order valence-corrected chi connectivity index (χ1v) is 9.98. The molecule has 7 heteroatoms. The lowest BCUT2D eigenvalue weighted by molar-refractivity contribution is -0.118. The predicted octanol–water partition coefficient (Wildman–Crippen LogP) is 5.59. The van der Waals surface area contributed by atoms with Crippen molar-refractivity contribution in [2.75, 3.05) is 18.5 Å². The minimum atomic E-state index is -0.503. The average Bonchev–Trinajstić information content (AvgIpc) is 2.60. The van der Waals surface area contributed by atoms with E-state index in [2.05, 4.69) is 42.0 Å². The molecule has 0 fully saturated rings. The van der Waals surface area contributed by atoms with E-state index in [-0.39, 0.29) is 35.1 Å². The van der Waals surface area contributed by atoms with E-state index >= 15 is 0 Å². The Morgan fingerprint density at radius 2 is 1.86 bits per heavy atom. The fraction of sp³-hybridized carbons (Fsp3) is 0.333. The highest BCUT2D eigenvalue weighted by Crippen LogP contribution is 2.31. The SMILES string of the molecule is CCOC(=O)c1ccc(NC(=O)COc2ccc(C(C)(C)C)cc2Br)cc1Cl. The van der Waals surface area contributed by atoms with Crippen LogP contribution in [0.2, 0.25) is 5.02 Å². The van der Waals surface area contributed by atoms with Crippen LogP contribution in [0, 0.1) is 0 Å². The van der Waals surface area contributed by atoms with Crippen molar-refractivity contribution in [3.63, 3.8) is 0 Å². The number of anilines is 1. The molecule has 2 rings (SSSR count). The third kappa shape index (κ3) is 5.97. The summed E-state index contributed by atoms with van der Waals surface area (Å²) >= 11 is 9.58. The Kier molecular flexibility index (Phi) is 7.49. The number of halogens is 2. The van der Waals surface area contributed by atoms with Gasteiger partial charge >= 0.3 is 5.97 Å². The van der Waals surface area contributed by atoms with Gasteiger partial charge in [0, 0.05) is 5.69 Å². The van der Waals surface area contributed by atoms with Crippen LogP contribution in [0.25, 0.3) is 0 Å². The molecule has 0 bridgehead atoms. The number of carbonyl (C=O) groups is 2. The average molecular weight is 469 g/mol. The summed E-state index contributed by atoms with van der Waals surface area (Å²) in [5, 5.41) is 2.90. The summed E-state index contributed by atoms with van der Waals surface area (Å²) in [5.74, 6) is -0.261. The number of hydrogen-bond acceptors (Lipinski definition) is 4. The van der Waals surface area contributed by atoms with Gasteiger partial charge in [-0.15, -0.1) is 0 Å². The van der Waals surface area contributed by atoms with Gasteiger partial charge in [-0.2, -0.15) is 0 Å². The van der Waals surface area contributed by atoms with E-state index in [1.165, 1.54) is 12.1 Å². The Bertz CT molecular complexity index is 877. The molecule has 2 aromatic rings. The third-order valence-corrected chi connectivity index (χ3v) is 4.84. The Morgan fingerprint density at radius 1 is 1.14 bits per heavy atom. The van der Waals surface area contributed by atoms with Crippen molar-refractivity contribution in [1.29, 1.82) is 0 Å². The minimum absolute atomic E-state index is 0.0212. The molecule has 0 aliphatic rings. The van der Waals surface area contributed by atoms with E-state index in [0.29, 0.717) is 11.4 Å². The molecule has 0 spiro atoms. The quantitative estimate of drug-likeness (QED) is 0.561. The summed E-state index contributed by atoms with van der Waals surface area (Å²) in [6, 6.07) is 10.4. The smallest absolute Gasteiger partial charge is 0.339 e. The van der Waals surface area contributed by atoms with Gasteiger partial charge in [0.15, 0.2) is 6.61 Å². The molecule has 0 saturated heterocycles. The lowest BCUT2D eigenvalue weighted by Gasteiger charge is -2.20. The normalized spacial score (nSPS) is 11.1. The van der Waals surface area contributed by atoms with Crippen LogP contribution < -0.4 is 10.1 Å². The fourth-order valence-electron chi connectivity index (χ4n) is 2.39. The second kappa shape index (κ2) is 9.43. The molecule has 150 valence electrons. The molecule has 1 N–H and O–H groups in total. The second-order valence-corrected chi connectivity index (χ2v) is 8.41. The maximum absolute atomic E-state index is 12.2. The zero-order chi connectivity index (χ0) is 20.9. The Morgan fingerprint density at radius 3 is 2.43 bits per heavy atom. The van der Waals surface area contributed by atoms with Crippen molar-refractivity contribution in [2.45, 2.75) is 33.1 Å². The third-order valence-electron chi connectivity index (χ3n) is 3.90. The highest BCUT2D eigenvalue weighted by molar-refractivity contribution is 9.10. The number of carbonyl (C=O) groups excluding carboxylic acids is 2. The van der Waals surface area contributed by atoms with Crippen LogP contribution in [0.3, 0.4) is 0 Å². The standard InChI is InChI=1S/C21H23BrClNO4/c1-5-27-20(26)15-8-7-14(11-17(15)23)24-19(25)12-28-18-9-6-13(10-16(18)22)21(2,3)4/h6-11H,5,12H2,1-4H3,(H,24,25). The molecule has 1 amide bonds. The Labute approximate surface area is 178 Å². The van der Waals surface area contributed by atoms with Gasteiger partial charge in [-0.05, 0) is 64.2 Å². The lowest BCUT2D eigenvalue weighted by atomic mass is 9.87. The molecular weight excluding hydrogens is 446 g/mol. The summed E-state index contributed by atoms with van der Waals surface area (Å²) < 4.78 is 11.3. The van der Waals surface area contributed by atoms with Crippen LogP contribution in [0.1, 0.15) is 43.6 Å². The number of ether oxygens (including phenoxy) is 2. The van der Waals surface area contributed by atoms with Crippen molar-refractivity contribution in [2.24, 2.45) is 0 Å². The number of hydrogen-bond donors (Lipinski definition) is 1. The first-order valence-electron chi connectivity index (χ1n) is 8.81. The van der Waals surface area contributed by atoms with E-state index in [1.807, 2.05) is 18.2 Å². The second-order valence-electron chi connectivity index (χ2n) is 7.15. The minimum Gasteiger partial charge on any atom is -0.483 e. The summed E-state index contributed by atoms with van der Waals surface area (Å²) in [6.45, 7) is 8.20. The van der Waals surface area contributed by atoms with Crippen LogP contribution in [-0.2, 0) is 14.9 Å². The van der Waals surface area contributed by atoms with Crippen molar-refractivity contribution in [3.05, 3.63) is 57.0 Å². The van der Waals surface area contributed by atoms with Gasteiger partial charge in [0.25, 0.3) is 5.91 Å². The van der Waals surface area contributed by atoms with Gasteiger partial charge in [-0.1, -0.05) is 38.4 Å². The van der Waals surface area contributed by atoms with E-state index in [0.717, 1.165) is 10.0 Å². The molecule has 0 unspecified atom stereocenters. The van der Waals surface area contributed by atoms with Crippen LogP contribution in [-0.4, -0.2) is 25.1 Å². The summed E-state index contributed by atoms with van der Waals surface area (Å²) in [7, 11) is 0. The lowest BCUT2D eigenvalue weighted by Crippen LogP contribution is -2.20. The highest BCUT2D eigenvalue weighted by atomic mass is 79.9. The molecule has 5 nitrogen and oxygen atoms in total. The largest absolute Gasteiger partial charge is 0.483 e. The van der Waals surface area contributed by atoms with E-state index in [1.54, 1.807) is 13.0 Å². The maximum Gasteiger partial charge on any atom is 0.339 e. The maximum atomic E-state index is 12.2. The van der Waals surface area contributed by atoms with Gasteiger partial charge < -0.3 is 14.8 Å². The van der Waals surface area contributed by atoms with Crippen LogP contribution in [0.5, 0.6) is 5.75 Å². The van der Waals surface area contributed by atoms with Crippen LogP contribution in [0.15, 0.2) is 40.9 Å². The number of nitrogens with one attached hydrogen (secondary N) is 1. The van der Waals surface area contributed by atoms with Gasteiger partial charge in [-0.3, -0.25) is 4.79 Å². The van der Waals surface area contributed by atoms with Crippen molar-refractivity contribution in [1.82, 2.24) is 0 Å². The molecule has 2 aromatic carbocycles. The van der Waals surface area contributed by atoms with E-state index in [9.17, 15) is 9.59 Å². The monoisotopic (exact) mass is 467 g/mol. The Balaban J connectivity index is 1.98.